The molecule has 0 aromatic heterocycles. The summed E-state index contributed by atoms with van der Waals surface area (Å²) in [6.07, 6.45) is 0.992. The molecule has 1 heterocycles. The lowest BCUT2D eigenvalue weighted by Gasteiger charge is -2.36. The first-order valence-corrected chi connectivity index (χ1v) is 13.2. The predicted octanol–water partition coefficient (Wildman–Crippen LogP) is 5.87. The fourth-order valence-electron chi connectivity index (χ4n) is 5.60. The summed E-state index contributed by atoms with van der Waals surface area (Å²) >= 11 is 0. The Labute approximate surface area is 229 Å². The van der Waals surface area contributed by atoms with Crippen LogP contribution in [0, 0.1) is 22.7 Å². The molecule has 2 fully saturated rings. The van der Waals surface area contributed by atoms with E-state index in [4.69, 9.17) is 14.3 Å². The maximum atomic E-state index is 14.0. The molecule has 39 heavy (non-hydrogen) atoms. The topological polar surface area (TPSA) is 65.1 Å². The molecule has 1 saturated heterocycles. The maximum absolute atomic E-state index is 14.0. The van der Waals surface area contributed by atoms with Crippen LogP contribution in [0.4, 0.5) is 0 Å². The first kappa shape index (κ1) is 26.5. The third kappa shape index (κ3) is 4.57. The standard InChI is InChI=1S/C33H33NO5/c1-31(2)32(3)21-22-33(31,38-29(32)35)30(36)39-34(23-25-13-9-6-10-14-25)28(20-15-24-11-7-5-8-12-24)26-16-18-27(37-4)19-17-26/h5-14,16-19,28H,21-23H2,1-4H3/t28-,32+,33-/m1/s1. The van der Waals surface area contributed by atoms with Crippen molar-refractivity contribution >= 4 is 11.9 Å². The van der Waals surface area contributed by atoms with Crippen LogP contribution in [-0.2, 0) is 25.7 Å². The molecule has 3 atom stereocenters. The number of methoxy groups -OCH3 is 1. The van der Waals surface area contributed by atoms with E-state index in [1.165, 1.54) is 0 Å². The Morgan fingerprint density at radius 2 is 1.59 bits per heavy atom. The van der Waals surface area contributed by atoms with Crippen molar-refractivity contribution in [2.24, 2.45) is 10.8 Å². The summed E-state index contributed by atoms with van der Waals surface area (Å²) in [6, 6.07) is 26.4. The molecule has 0 amide bonds. The molecule has 0 N–H and O–H groups in total. The van der Waals surface area contributed by atoms with E-state index in [2.05, 4.69) is 11.8 Å². The van der Waals surface area contributed by atoms with Gasteiger partial charge in [0.25, 0.3) is 0 Å². The number of nitrogens with zero attached hydrogens (tertiary/aromatic N) is 1. The van der Waals surface area contributed by atoms with E-state index in [0.29, 0.717) is 18.6 Å². The van der Waals surface area contributed by atoms with Gasteiger partial charge in [-0.25, -0.2) is 4.79 Å². The van der Waals surface area contributed by atoms with Crippen molar-refractivity contribution in [2.45, 2.75) is 51.8 Å². The monoisotopic (exact) mass is 523 g/mol. The van der Waals surface area contributed by atoms with Crippen LogP contribution in [0.15, 0.2) is 84.9 Å². The van der Waals surface area contributed by atoms with Crippen molar-refractivity contribution in [3.8, 4) is 17.6 Å². The van der Waals surface area contributed by atoms with E-state index in [9.17, 15) is 9.59 Å². The highest BCUT2D eigenvalue weighted by Gasteiger charge is 2.76. The molecule has 0 spiro atoms. The molecular weight excluding hydrogens is 490 g/mol. The quantitative estimate of drug-likeness (QED) is 0.219. The smallest absolute Gasteiger partial charge is 0.370 e. The Bertz CT molecular complexity index is 1410. The molecule has 1 saturated carbocycles. The summed E-state index contributed by atoms with van der Waals surface area (Å²) in [4.78, 5) is 33.1. The van der Waals surface area contributed by atoms with Crippen LogP contribution in [0.2, 0.25) is 0 Å². The minimum absolute atomic E-state index is 0.286. The number of carbonyl (C=O) groups is 2. The summed E-state index contributed by atoms with van der Waals surface area (Å²) in [5, 5.41) is 1.60. The number of fused-ring (bicyclic) bond motifs is 2. The largest absolute Gasteiger partial charge is 0.497 e. The van der Waals surface area contributed by atoms with Crippen LogP contribution in [0.5, 0.6) is 5.75 Å². The van der Waals surface area contributed by atoms with Gasteiger partial charge < -0.3 is 14.3 Å². The van der Waals surface area contributed by atoms with Crippen LogP contribution >= 0.6 is 0 Å². The lowest BCUT2D eigenvalue weighted by molar-refractivity contribution is -0.228. The summed E-state index contributed by atoms with van der Waals surface area (Å²) in [5.74, 6) is 6.37. The van der Waals surface area contributed by atoms with Crippen molar-refractivity contribution < 1.29 is 23.9 Å². The van der Waals surface area contributed by atoms with E-state index in [1.54, 1.807) is 12.2 Å². The number of esters is 1. The lowest BCUT2D eigenvalue weighted by atomic mass is 9.66. The average Bonchev–Trinajstić information content (AvgIpc) is 3.25. The van der Waals surface area contributed by atoms with Crippen molar-refractivity contribution in [3.05, 3.63) is 102 Å². The van der Waals surface area contributed by atoms with Gasteiger partial charge in [-0.05, 0) is 55.2 Å². The van der Waals surface area contributed by atoms with Gasteiger partial charge in [0.2, 0.25) is 5.60 Å². The highest BCUT2D eigenvalue weighted by molar-refractivity contribution is 5.93. The zero-order chi connectivity index (χ0) is 27.7. The molecule has 0 unspecified atom stereocenters. The number of benzene rings is 3. The lowest BCUT2D eigenvalue weighted by Crippen LogP contribution is -2.51. The maximum Gasteiger partial charge on any atom is 0.370 e. The fraction of sp³-hybridized carbons (Fsp3) is 0.333. The zero-order valence-electron chi connectivity index (χ0n) is 22.8. The molecule has 6 heteroatoms. The predicted molar refractivity (Wildman–Crippen MR) is 147 cm³/mol. The Balaban J connectivity index is 1.56. The minimum atomic E-state index is -1.36. The van der Waals surface area contributed by atoms with Crippen molar-refractivity contribution in [1.29, 1.82) is 0 Å². The van der Waals surface area contributed by atoms with E-state index in [1.807, 2.05) is 106 Å². The van der Waals surface area contributed by atoms with Gasteiger partial charge in [0, 0.05) is 11.0 Å². The second-order valence-electron chi connectivity index (χ2n) is 10.9. The molecule has 6 nitrogen and oxygen atoms in total. The number of hydrogen-bond donors (Lipinski definition) is 0. The number of hydrogen-bond acceptors (Lipinski definition) is 6. The van der Waals surface area contributed by atoms with Gasteiger partial charge in [0.1, 0.15) is 11.8 Å². The number of rotatable bonds is 7. The summed E-state index contributed by atoms with van der Waals surface area (Å²) < 4.78 is 11.2. The Morgan fingerprint density at radius 3 is 2.15 bits per heavy atom. The normalized spacial score (nSPS) is 23.5. The van der Waals surface area contributed by atoms with Gasteiger partial charge in [-0.1, -0.05) is 86.4 Å². The molecule has 1 aliphatic carbocycles. The molecule has 2 aliphatic rings. The third-order valence-electron chi connectivity index (χ3n) is 8.64. The highest BCUT2D eigenvalue weighted by Crippen LogP contribution is 2.65. The average molecular weight is 524 g/mol. The molecule has 5 rings (SSSR count). The van der Waals surface area contributed by atoms with Gasteiger partial charge in [0.15, 0.2) is 0 Å². The van der Waals surface area contributed by atoms with Crippen molar-refractivity contribution in [1.82, 2.24) is 5.06 Å². The van der Waals surface area contributed by atoms with Crippen LogP contribution in [-0.4, -0.2) is 29.7 Å². The van der Waals surface area contributed by atoms with Gasteiger partial charge in [-0.15, -0.1) is 5.06 Å². The summed E-state index contributed by atoms with van der Waals surface area (Å²) in [6.45, 7) is 6.01. The van der Waals surface area contributed by atoms with Crippen LogP contribution in [0.25, 0.3) is 0 Å². The van der Waals surface area contributed by atoms with Crippen molar-refractivity contribution in [3.63, 3.8) is 0 Å². The molecule has 0 radical (unpaired) electrons. The van der Waals surface area contributed by atoms with E-state index >= 15 is 0 Å². The third-order valence-corrected chi connectivity index (χ3v) is 8.64. The van der Waals surface area contributed by atoms with Crippen LogP contribution in [0.1, 0.15) is 56.3 Å². The van der Waals surface area contributed by atoms with E-state index in [0.717, 1.165) is 16.7 Å². The molecule has 1 aliphatic heterocycles. The second kappa shape index (κ2) is 10.2. The molecule has 200 valence electrons. The number of ether oxygens (including phenoxy) is 2. The SMILES string of the molecule is COc1ccc([C@@H](C#Cc2ccccc2)N(Cc2ccccc2)OC(=O)[C@@]23CC[C@@](C)(C(=O)O2)C3(C)C)cc1. The zero-order valence-corrected chi connectivity index (χ0v) is 22.8. The van der Waals surface area contributed by atoms with Crippen molar-refractivity contribution in [2.75, 3.05) is 7.11 Å². The Morgan fingerprint density at radius 1 is 0.949 bits per heavy atom. The molecule has 2 bridgehead atoms. The van der Waals surface area contributed by atoms with Crippen LogP contribution < -0.4 is 4.74 Å². The van der Waals surface area contributed by atoms with Gasteiger partial charge >= 0.3 is 11.9 Å². The number of hydroxylamine groups is 2. The molecule has 3 aromatic carbocycles. The molecular formula is C33H33NO5. The summed E-state index contributed by atoms with van der Waals surface area (Å²) in [7, 11) is 1.62. The minimum Gasteiger partial charge on any atom is -0.497 e. The highest BCUT2D eigenvalue weighted by atomic mass is 16.7. The number of carbonyl (C=O) groups excluding carboxylic acids is 2. The Kier molecular flexibility index (Phi) is 6.96. The molecule has 3 aromatic rings. The van der Waals surface area contributed by atoms with E-state index in [-0.39, 0.29) is 12.5 Å². The van der Waals surface area contributed by atoms with Gasteiger partial charge in [-0.2, -0.15) is 0 Å². The second-order valence-corrected chi connectivity index (χ2v) is 10.9. The summed E-state index contributed by atoms with van der Waals surface area (Å²) in [5.41, 5.74) is -0.193. The first-order chi connectivity index (χ1) is 18.7. The first-order valence-electron chi connectivity index (χ1n) is 13.2. The van der Waals surface area contributed by atoms with Crippen LogP contribution in [0.3, 0.4) is 0 Å². The van der Waals surface area contributed by atoms with E-state index < -0.39 is 28.4 Å². The van der Waals surface area contributed by atoms with Gasteiger partial charge in [0.05, 0.1) is 19.1 Å². The van der Waals surface area contributed by atoms with Gasteiger partial charge in [-0.3, -0.25) is 4.79 Å². The fourth-order valence-corrected chi connectivity index (χ4v) is 5.60. The Hall–Kier alpha value is -4.08.